The van der Waals surface area contributed by atoms with Crippen LogP contribution in [-0.4, -0.2) is 51.0 Å². The summed E-state index contributed by atoms with van der Waals surface area (Å²) in [6.45, 7) is -0.304. The van der Waals surface area contributed by atoms with Gasteiger partial charge in [-0.15, -0.1) is 0 Å². The molecule has 0 saturated heterocycles. The smallest absolute Gasteiger partial charge is 0.324 e. The van der Waals surface area contributed by atoms with Crippen molar-refractivity contribution in [2.45, 2.75) is 24.5 Å². The van der Waals surface area contributed by atoms with E-state index in [9.17, 15) is 4.79 Å². The lowest BCUT2D eigenvalue weighted by Crippen LogP contribution is -2.52. The van der Waals surface area contributed by atoms with Crippen LogP contribution in [0.4, 0.5) is 0 Å². The molecule has 0 amide bonds. The summed E-state index contributed by atoms with van der Waals surface area (Å²) in [4.78, 5) is 11.0. The number of hydrogen-bond donors (Lipinski definition) is 4. The first-order valence-electron chi connectivity index (χ1n) is 4.89. The molecule has 0 heterocycles. The summed E-state index contributed by atoms with van der Waals surface area (Å²) in [6, 6.07) is 0. The fraction of sp³-hybridized carbons (Fsp3) is 0.889. The first kappa shape index (κ1) is 12.8. The second-order valence-corrected chi connectivity index (χ2v) is 5.00. The van der Waals surface area contributed by atoms with Crippen LogP contribution in [0.1, 0.15) is 12.8 Å². The molecule has 1 saturated carbocycles. The Hall–Kier alpha value is -0.300. The topological polar surface area (TPSA) is 104 Å². The number of carboxylic acids is 1. The summed E-state index contributed by atoms with van der Waals surface area (Å²) in [5.41, 5.74) is 4.64. The van der Waals surface area contributed by atoms with Gasteiger partial charge in [-0.3, -0.25) is 4.79 Å². The van der Waals surface area contributed by atoms with Gasteiger partial charge in [-0.25, -0.2) is 0 Å². The van der Waals surface area contributed by atoms with E-state index >= 15 is 0 Å². The average molecular weight is 235 g/mol. The molecule has 0 spiro atoms. The number of rotatable bonds is 7. The fourth-order valence-corrected chi connectivity index (χ4v) is 2.56. The van der Waals surface area contributed by atoms with Gasteiger partial charge in [0.1, 0.15) is 5.54 Å². The highest BCUT2D eigenvalue weighted by Gasteiger charge is 2.48. The number of nitrogens with two attached hydrogens (primary N) is 1. The van der Waals surface area contributed by atoms with E-state index in [2.05, 4.69) is 0 Å². The number of carboxylic acid groups (broad SMARTS) is 1. The summed E-state index contributed by atoms with van der Waals surface area (Å²) in [6.07, 6.45) is 0.935. The normalized spacial score (nSPS) is 22.1. The lowest BCUT2D eigenvalue weighted by atomic mass is 9.98. The summed E-state index contributed by atoms with van der Waals surface area (Å²) < 4.78 is 0. The quantitative estimate of drug-likeness (QED) is 0.463. The molecule has 0 aromatic carbocycles. The maximum absolute atomic E-state index is 11.0. The number of aliphatic hydroxyl groups is 2. The van der Waals surface area contributed by atoms with Crippen molar-refractivity contribution in [3.05, 3.63) is 0 Å². The van der Waals surface area contributed by atoms with Gasteiger partial charge >= 0.3 is 5.97 Å². The molecule has 1 aliphatic carbocycles. The van der Waals surface area contributed by atoms with Gasteiger partial charge in [0.2, 0.25) is 0 Å². The molecule has 1 aliphatic rings. The number of thioether (sulfide) groups is 1. The summed E-state index contributed by atoms with van der Waals surface area (Å²) in [7, 11) is 0. The van der Waals surface area contributed by atoms with E-state index in [-0.39, 0.29) is 18.3 Å². The number of aliphatic hydroxyl groups excluding tert-OH is 2. The van der Waals surface area contributed by atoms with Crippen LogP contribution in [0.2, 0.25) is 0 Å². The standard InChI is InChI=1S/C9H17NO4S/c10-9(8(13)14,6-1-2-6)5-15-4-7(12)3-11/h6-7,11-12H,1-5,10H2,(H,13,14). The van der Waals surface area contributed by atoms with Crippen LogP contribution in [0.15, 0.2) is 0 Å². The maximum Gasteiger partial charge on any atom is 0.324 e. The van der Waals surface area contributed by atoms with Crippen molar-refractivity contribution >= 4 is 17.7 Å². The Labute approximate surface area is 92.7 Å². The van der Waals surface area contributed by atoms with Crippen LogP contribution >= 0.6 is 11.8 Å². The number of carbonyl (C=O) groups is 1. The Kier molecular flexibility index (Phi) is 4.39. The van der Waals surface area contributed by atoms with Crippen molar-refractivity contribution in [2.24, 2.45) is 11.7 Å². The lowest BCUT2D eigenvalue weighted by Gasteiger charge is -2.24. The summed E-state index contributed by atoms with van der Waals surface area (Å²) in [5, 5.41) is 26.7. The third kappa shape index (κ3) is 3.34. The van der Waals surface area contributed by atoms with E-state index in [0.29, 0.717) is 5.75 Å². The third-order valence-electron chi connectivity index (χ3n) is 2.57. The first-order chi connectivity index (χ1) is 7.00. The van der Waals surface area contributed by atoms with Gasteiger partial charge in [0, 0.05) is 11.5 Å². The monoisotopic (exact) mass is 235 g/mol. The molecule has 5 nitrogen and oxygen atoms in total. The molecule has 2 atom stereocenters. The van der Waals surface area contributed by atoms with Crippen molar-refractivity contribution < 1.29 is 20.1 Å². The van der Waals surface area contributed by atoms with Crippen LogP contribution < -0.4 is 5.73 Å². The zero-order valence-electron chi connectivity index (χ0n) is 8.43. The summed E-state index contributed by atoms with van der Waals surface area (Å²) >= 11 is 1.27. The third-order valence-corrected chi connectivity index (χ3v) is 3.87. The van der Waals surface area contributed by atoms with Gasteiger partial charge in [-0.2, -0.15) is 11.8 Å². The van der Waals surface area contributed by atoms with Gasteiger partial charge in [-0.1, -0.05) is 0 Å². The van der Waals surface area contributed by atoms with Gasteiger partial charge in [0.25, 0.3) is 0 Å². The van der Waals surface area contributed by atoms with E-state index in [0.717, 1.165) is 12.8 Å². The zero-order valence-corrected chi connectivity index (χ0v) is 9.24. The van der Waals surface area contributed by atoms with Crippen LogP contribution in [0.5, 0.6) is 0 Å². The van der Waals surface area contributed by atoms with Crippen molar-refractivity contribution in [1.29, 1.82) is 0 Å². The Morgan fingerprint density at radius 2 is 2.20 bits per heavy atom. The van der Waals surface area contributed by atoms with E-state index in [1.165, 1.54) is 11.8 Å². The van der Waals surface area contributed by atoms with Crippen molar-refractivity contribution in [2.75, 3.05) is 18.1 Å². The molecule has 5 N–H and O–H groups in total. The van der Waals surface area contributed by atoms with E-state index < -0.39 is 17.6 Å². The van der Waals surface area contributed by atoms with Crippen LogP contribution in [0, 0.1) is 5.92 Å². The Morgan fingerprint density at radius 1 is 1.60 bits per heavy atom. The minimum Gasteiger partial charge on any atom is -0.480 e. The van der Waals surface area contributed by atoms with Crippen LogP contribution in [0.25, 0.3) is 0 Å². The molecule has 88 valence electrons. The Bertz CT molecular complexity index is 234. The van der Waals surface area contributed by atoms with Gasteiger partial charge < -0.3 is 21.1 Å². The largest absolute Gasteiger partial charge is 0.480 e. The molecule has 15 heavy (non-hydrogen) atoms. The average Bonchev–Trinajstić information content (AvgIpc) is 3.00. The molecule has 2 unspecified atom stereocenters. The molecular formula is C9H17NO4S. The fourth-order valence-electron chi connectivity index (χ4n) is 1.37. The van der Waals surface area contributed by atoms with Gasteiger partial charge in [-0.05, 0) is 18.8 Å². The molecule has 0 aromatic heterocycles. The number of aliphatic carboxylic acids is 1. The second kappa shape index (κ2) is 5.16. The predicted octanol–water partition coefficient (Wildman–Crippen LogP) is -0.735. The van der Waals surface area contributed by atoms with Crippen LogP contribution in [-0.2, 0) is 4.79 Å². The molecule has 6 heteroatoms. The molecule has 1 fully saturated rings. The minimum atomic E-state index is -1.17. The van der Waals surface area contributed by atoms with Crippen molar-refractivity contribution in [1.82, 2.24) is 0 Å². The van der Waals surface area contributed by atoms with Gasteiger partial charge in [0.15, 0.2) is 0 Å². The minimum absolute atomic E-state index is 0.0637. The molecule has 0 aromatic rings. The first-order valence-corrected chi connectivity index (χ1v) is 6.05. The highest BCUT2D eigenvalue weighted by Crippen LogP contribution is 2.40. The molecular weight excluding hydrogens is 218 g/mol. The van der Waals surface area contributed by atoms with E-state index in [1.54, 1.807) is 0 Å². The predicted molar refractivity (Wildman–Crippen MR) is 57.7 cm³/mol. The Balaban J connectivity index is 2.36. The second-order valence-electron chi connectivity index (χ2n) is 3.97. The highest BCUT2D eigenvalue weighted by molar-refractivity contribution is 7.99. The molecule has 0 radical (unpaired) electrons. The molecule has 0 aliphatic heterocycles. The van der Waals surface area contributed by atoms with Crippen molar-refractivity contribution in [3.63, 3.8) is 0 Å². The van der Waals surface area contributed by atoms with Crippen molar-refractivity contribution in [3.8, 4) is 0 Å². The van der Waals surface area contributed by atoms with Crippen LogP contribution in [0.3, 0.4) is 0 Å². The maximum atomic E-state index is 11.0. The molecule has 1 rings (SSSR count). The molecule has 0 bridgehead atoms. The van der Waals surface area contributed by atoms with E-state index in [1.807, 2.05) is 0 Å². The lowest BCUT2D eigenvalue weighted by molar-refractivity contribution is -0.143. The van der Waals surface area contributed by atoms with Gasteiger partial charge in [0.05, 0.1) is 12.7 Å². The number of hydrogen-bond acceptors (Lipinski definition) is 5. The highest BCUT2D eigenvalue weighted by atomic mass is 32.2. The summed E-state index contributed by atoms with van der Waals surface area (Å²) in [5.74, 6) is -0.316. The zero-order chi connectivity index (χ0) is 11.5. The van der Waals surface area contributed by atoms with E-state index in [4.69, 9.17) is 21.1 Å². The SMILES string of the molecule is NC(CSCC(O)CO)(C(=O)O)C1CC1. The Morgan fingerprint density at radius 3 is 2.60 bits per heavy atom.